The Hall–Kier alpha value is -1.76. The van der Waals surface area contributed by atoms with E-state index in [1.807, 2.05) is 11.8 Å². The molecular formula is C14H14BrFN4O. The van der Waals surface area contributed by atoms with Crippen LogP contribution in [0.25, 0.3) is 0 Å². The van der Waals surface area contributed by atoms with E-state index < -0.39 is 0 Å². The third-order valence-electron chi connectivity index (χ3n) is 3.26. The fourth-order valence-corrected chi connectivity index (χ4v) is 2.55. The van der Waals surface area contributed by atoms with E-state index in [2.05, 4.69) is 30.9 Å². The molecule has 3 rings (SSSR count). The molecular weight excluding hydrogens is 339 g/mol. The van der Waals surface area contributed by atoms with Gasteiger partial charge in [0.25, 0.3) is 0 Å². The third kappa shape index (κ3) is 3.29. The zero-order valence-corrected chi connectivity index (χ0v) is 13.0. The van der Waals surface area contributed by atoms with E-state index in [4.69, 9.17) is 4.74 Å². The van der Waals surface area contributed by atoms with Gasteiger partial charge in [-0.05, 0) is 34.5 Å². The highest BCUT2D eigenvalue weighted by atomic mass is 79.9. The second-order valence-corrected chi connectivity index (χ2v) is 5.89. The van der Waals surface area contributed by atoms with Gasteiger partial charge in [0.1, 0.15) is 6.10 Å². The lowest BCUT2D eigenvalue weighted by atomic mass is 10.3. The topological polar surface area (TPSA) is 51.1 Å². The monoisotopic (exact) mass is 352 g/mol. The summed E-state index contributed by atoms with van der Waals surface area (Å²) in [6.45, 7) is 3.19. The Labute approximate surface area is 130 Å². The minimum Gasteiger partial charge on any atom is -0.458 e. The lowest BCUT2D eigenvalue weighted by molar-refractivity contribution is 0.206. The predicted octanol–water partition coefficient (Wildman–Crippen LogP) is 2.74. The minimum atomic E-state index is -0.336. The van der Waals surface area contributed by atoms with E-state index in [0.29, 0.717) is 29.4 Å². The Morgan fingerprint density at radius 1 is 1.29 bits per heavy atom. The van der Waals surface area contributed by atoms with Crippen molar-refractivity contribution in [3.63, 3.8) is 0 Å². The summed E-state index contributed by atoms with van der Waals surface area (Å²) in [5.74, 6) is 0.0192. The van der Waals surface area contributed by atoms with E-state index in [9.17, 15) is 4.39 Å². The fourth-order valence-electron chi connectivity index (χ4n) is 2.25. The largest absolute Gasteiger partial charge is 0.458 e. The molecule has 1 aliphatic rings. The molecule has 0 spiro atoms. The molecule has 0 radical (unpaired) electrons. The molecule has 5 nitrogen and oxygen atoms in total. The van der Waals surface area contributed by atoms with Crippen LogP contribution in [-0.4, -0.2) is 34.1 Å². The smallest absolute Gasteiger partial charge is 0.316 e. The number of aryl methyl sites for hydroxylation is 1. The van der Waals surface area contributed by atoms with Crippen molar-refractivity contribution in [3.05, 3.63) is 40.5 Å². The van der Waals surface area contributed by atoms with Crippen LogP contribution in [0.3, 0.4) is 0 Å². The van der Waals surface area contributed by atoms with Crippen LogP contribution in [0.15, 0.2) is 29.1 Å². The first-order chi connectivity index (χ1) is 10.1. The van der Waals surface area contributed by atoms with Gasteiger partial charge < -0.3 is 9.64 Å². The molecule has 1 atom stereocenters. The van der Waals surface area contributed by atoms with Crippen molar-refractivity contribution in [2.45, 2.75) is 19.4 Å². The maximum Gasteiger partial charge on any atom is 0.316 e. The number of hydrogen-bond acceptors (Lipinski definition) is 5. The summed E-state index contributed by atoms with van der Waals surface area (Å²) in [5.41, 5.74) is 0.983. The molecule has 2 aromatic heterocycles. The molecule has 1 fully saturated rings. The highest BCUT2D eigenvalue weighted by Gasteiger charge is 2.27. The maximum absolute atomic E-state index is 13.9. The molecule has 7 heteroatoms. The molecule has 0 aromatic carbocycles. The normalized spacial score (nSPS) is 18.0. The van der Waals surface area contributed by atoms with Crippen LogP contribution in [0.4, 0.5) is 10.2 Å². The van der Waals surface area contributed by atoms with E-state index in [1.165, 1.54) is 6.07 Å². The highest BCUT2D eigenvalue weighted by Crippen LogP contribution is 2.24. The van der Waals surface area contributed by atoms with Crippen LogP contribution in [-0.2, 0) is 0 Å². The van der Waals surface area contributed by atoms with Crippen LogP contribution in [0.5, 0.6) is 6.01 Å². The molecule has 1 unspecified atom stereocenters. The first-order valence-corrected chi connectivity index (χ1v) is 7.42. The standard InChI is InChI=1S/C14H14BrFN4O/c1-9-5-18-14(19-6-9)21-11-2-3-20(8-11)13-12(16)4-10(15)7-17-13/h4-7,11H,2-3,8H2,1H3. The van der Waals surface area contributed by atoms with Crippen LogP contribution >= 0.6 is 15.9 Å². The second-order valence-electron chi connectivity index (χ2n) is 4.98. The Morgan fingerprint density at radius 3 is 2.76 bits per heavy atom. The number of hydrogen-bond donors (Lipinski definition) is 0. The van der Waals surface area contributed by atoms with Crippen molar-refractivity contribution < 1.29 is 9.13 Å². The highest BCUT2D eigenvalue weighted by molar-refractivity contribution is 9.10. The minimum absolute atomic E-state index is 0.0578. The summed E-state index contributed by atoms with van der Waals surface area (Å²) in [7, 11) is 0. The number of nitrogens with zero attached hydrogens (tertiary/aromatic N) is 4. The average Bonchev–Trinajstić information content (AvgIpc) is 2.90. The first kappa shape index (κ1) is 14.2. The van der Waals surface area contributed by atoms with Crippen molar-refractivity contribution in [1.29, 1.82) is 0 Å². The number of halogens is 2. The third-order valence-corrected chi connectivity index (χ3v) is 3.70. The zero-order chi connectivity index (χ0) is 14.8. The summed E-state index contributed by atoms with van der Waals surface area (Å²) >= 11 is 3.20. The van der Waals surface area contributed by atoms with Crippen molar-refractivity contribution in [2.75, 3.05) is 18.0 Å². The molecule has 2 aromatic rings. The van der Waals surface area contributed by atoms with E-state index in [1.54, 1.807) is 18.6 Å². The Bertz CT molecular complexity index is 637. The molecule has 0 saturated carbocycles. The van der Waals surface area contributed by atoms with Gasteiger partial charge in [0.05, 0.1) is 6.54 Å². The number of ether oxygens (including phenoxy) is 1. The first-order valence-electron chi connectivity index (χ1n) is 6.63. The summed E-state index contributed by atoms with van der Waals surface area (Å²) in [5, 5.41) is 0. The molecule has 0 amide bonds. The van der Waals surface area contributed by atoms with Crippen molar-refractivity contribution >= 4 is 21.7 Å². The van der Waals surface area contributed by atoms with Crippen LogP contribution in [0.2, 0.25) is 0 Å². The second kappa shape index (κ2) is 5.93. The van der Waals surface area contributed by atoms with Crippen LogP contribution < -0.4 is 9.64 Å². The fraction of sp³-hybridized carbons (Fsp3) is 0.357. The number of aromatic nitrogens is 3. The number of pyridine rings is 1. The molecule has 3 heterocycles. The van der Waals surface area contributed by atoms with E-state index >= 15 is 0 Å². The van der Waals surface area contributed by atoms with Gasteiger partial charge in [0, 0.05) is 36.0 Å². The molecule has 1 aliphatic heterocycles. The van der Waals surface area contributed by atoms with Gasteiger partial charge in [-0.1, -0.05) is 0 Å². The lowest BCUT2D eigenvalue weighted by Crippen LogP contribution is -2.26. The SMILES string of the molecule is Cc1cnc(OC2CCN(c3ncc(Br)cc3F)C2)nc1. The van der Waals surface area contributed by atoms with Gasteiger partial charge in [-0.25, -0.2) is 19.3 Å². The summed E-state index contributed by atoms with van der Waals surface area (Å²) in [6.07, 6.45) is 5.75. The number of rotatable bonds is 3. The van der Waals surface area contributed by atoms with Gasteiger partial charge in [-0.15, -0.1) is 0 Å². The Balaban J connectivity index is 1.66. The molecule has 0 N–H and O–H groups in total. The summed E-state index contributed by atoms with van der Waals surface area (Å²) in [4.78, 5) is 14.2. The average molecular weight is 353 g/mol. The van der Waals surface area contributed by atoms with Crippen LogP contribution in [0, 0.1) is 12.7 Å². The maximum atomic E-state index is 13.9. The van der Waals surface area contributed by atoms with Gasteiger partial charge >= 0.3 is 6.01 Å². The van der Waals surface area contributed by atoms with Crippen LogP contribution in [0.1, 0.15) is 12.0 Å². The lowest BCUT2D eigenvalue weighted by Gasteiger charge is -2.18. The van der Waals surface area contributed by atoms with Crippen molar-refractivity contribution in [1.82, 2.24) is 15.0 Å². The Kier molecular flexibility index (Phi) is 4.01. The molecule has 110 valence electrons. The zero-order valence-electron chi connectivity index (χ0n) is 11.5. The Morgan fingerprint density at radius 2 is 2.05 bits per heavy atom. The van der Waals surface area contributed by atoms with Gasteiger partial charge in [0.15, 0.2) is 11.6 Å². The van der Waals surface area contributed by atoms with Crippen molar-refractivity contribution in [2.24, 2.45) is 0 Å². The predicted molar refractivity (Wildman–Crippen MR) is 79.9 cm³/mol. The summed E-state index contributed by atoms with van der Waals surface area (Å²) in [6, 6.07) is 1.77. The van der Waals surface area contributed by atoms with Gasteiger partial charge in [-0.2, -0.15) is 0 Å². The number of anilines is 1. The molecule has 21 heavy (non-hydrogen) atoms. The molecule has 1 saturated heterocycles. The van der Waals surface area contributed by atoms with Gasteiger partial charge in [-0.3, -0.25) is 0 Å². The van der Waals surface area contributed by atoms with Crippen molar-refractivity contribution in [3.8, 4) is 6.01 Å². The molecule has 0 bridgehead atoms. The van der Waals surface area contributed by atoms with E-state index in [-0.39, 0.29) is 11.9 Å². The van der Waals surface area contributed by atoms with E-state index in [0.717, 1.165) is 12.0 Å². The van der Waals surface area contributed by atoms with Gasteiger partial charge in [0.2, 0.25) is 0 Å². The quantitative estimate of drug-likeness (QED) is 0.849. The summed E-state index contributed by atoms with van der Waals surface area (Å²) < 4.78 is 20.3. The molecule has 0 aliphatic carbocycles.